The van der Waals surface area contributed by atoms with Crippen molar-refractivity contribution in [3.63, 3.8) is 0 Å². The number of carbonyl (C=O) groups is 1. The van der Waals surface area contributed by atoms with Gasteiger partial charge in [-0.1, -0.05) is 6.92 Å². The van der Waals surface area contributed by atoms with Crippen molar-refractivity contribution in [1.82, 2.24) is 20.4 Å². The molecule has 1 fully saturated rings. The lowest BCUT2D eigenvalue weighted by atomic mass is 9.95. The van der Waals surface area contributed by atoms with Crippen LogP contribution in [-0.2, 0) is 11.3 Å². The third-order valence-electron chi connectivity index (χ3n) is 3.29. The molecule has 0 saturated carbocycles. The number of hydrogen-bond donors (Lipinski definition) is 2. The molecule has 1 saturated heterocycles. The van der Waals surface area contributed by atoms with Crippen molar-refractivity contribution < 1.29 is 9.72 Å². The van der Waals surface area contributed by atoms with Gasteiger partial charge in [-0.15, -0.1) is 12.4 Å². The summed E-state index contributed by atoms with van der Waals surface area (Å²) >= 11 is 0. The molecule has 2 N–H and O–H groups in total. The topological polar surface area (TPSA) is 102 Å². The molecular weight excluding hydrogens is 286 g/mol. The van der Waals surface area contributed by atoms with Crippen molar-refractivity contribution in [3.05, 3.63) is 22.4 Å². The van der Waals surface area contributed by atoms with Crippen LogP contribution in [0.4, 0.5) is 5.82 Å². The summed E-state index contributed by atoms with van der Waals surface area (Å²) < 4.78 is 1.27. The first-order chi connectivity index (χ1) is 9.06. The van der Waals surface area contributed by atoms with E-state index in [2.05, 4.69) is 22.7 Å². The fraction of sp³-hybridized carbons (Fsp3) is 0.636. The van der Waals surface area contributed by atoms with E-state index in [4.69, 9.17) is 0 Å². The first-order valence-corrected chi connectivity index (χ1v) is 6.24. The number of nitro groups is 1. The molecule has 1 aromatic heterocycles. The third-order valence-corrected chi connectivity index (χ3v) is 3.29. The maximum absolute atomic E-state index is 11.8. The van der Waals surface area contributed by atoms with Crippen LogP contribution in [0.2, 0.25) is 0 Å². The first-order valence-electron chi connectivity index (χ1n) is 6.24. The van der Waals surface area contributed by atoms with E-state index in [1.54, 1.807) is 0 Å². The Labute approximate surface area is 122 Å². The molecule has 0 aromatic carbocycles. The van der Waals surface area contributed by atoms with Crippen molar-refractivity contribution >= 4 is 24.1 Å². The number of halogens is 1. The number of nitrogens with zero attached hydrogens (tertiary/aromatic N) is 3. The fourth-order valence-electron chi connectivity index (χ4n) is 2.12. The van der Waals surface area contributed by atoms with Gasteiger partial charge in [-0.25, -0.2) is 0 Å². The summed E-state index contributed by atoms with van der Waals surface area (Å²) in [5.74, 6) is -0.00351. The van der Waals surface area contributed by atoms with Crippen LogP contribution in [0.3, 0.4) is 0 Å². The molecule has 1 aliphatic heterocycles. The Morgan fingerprint density at radius 1 is 1.70 bits per heavy atom. The van der Waals surface area contributed by atoms with E-state index in [1.165, 1.54) is 16.9 Å². The molecule has 2 atom stereocenters. The van der Waals surface area contributed by atoms with Crippen LogP contribution in [0, 0.1) is 16.0 Å². The highest BCUT2D eigenvalue weighted by molar-refractivity contribution is 5.85. The molecule has 0 radical (unpaired) electrons. The van der Waals surface area contributed by atoms with Gasteiger partial charge in [-0.2, -0.15) is 4.68 Å². The molecule has 1 aromatic rings. The average Bonchev–Trinajstić information content (AvgIpc) is 2.80. The monoisotopic (exact) mass is 303 g/mol. The quantitative estimate of drug-likeness (QED) is 0.616. The van der Waals surface area contributed by atoms with Gasteiger partial charge < -0.3 is 20.7 Å². The maximum atomic E-state index is 11.8. The van der Waals surface area contributed by atoms with Crippen molar-refractivity contribution in [2.45, 2.75) is 25.9 Å². The van der Waals surface area contributed by atoms with Crippen LogP contribution in [-0.4, -0.2) is 39.7 Å². The summed E-state index contributed by atoms with van der Waals surface area (Å²) in [6.07, 6.45) is 2.46. The molecule has 9 heteroatoms. The summed E-state index contributed by atoms with van der Waals surface area (Å²) in [7, 11) is 0. The van der Waals surface area contributed by atoms with Crippen molar-refractivity contribution in [1.29, 1.82) is 0 Å². The minimum absolute atomic E-state index is 0. The van der Waals surface area contributed by atoms with Crippen molar-refractivity contribution in [3.8, 4) is 0 Å². The Bertz CT molecular complexity index is 478. The Morgan fingerprint density at radius 2 is 2.45 bits per heavy atom. The predicted octanol–water partition coefficient (Wildman–Crippen LogP) is 0.327. The minimum Gasteiger partial charge on any atom is -0.358 e. The number of piperidine rings is 1. The van der Waals surface area contributed by atoms with Gasteiger partial charge in [0, 0.05) is 12.6 Å². The Kier molecular flexibility index (Phi) is 5.90. The van der Waals surface area contributed by atoms with Gasteiger partial charge in [0.2, 0.25) is 5.91 Å². The molecule has 1 aliphatic rings. The van der Waals surface area contributed by atoms with E-state index >= 15 is 0 Å². The summed E-state index contributed by atoms with van der Waals surface area (Å²) in [5.41, 5.74) is 0. The second-order valence-electron chi connectivity index (χ2n) is 4.77. The van der Waals surface area contributed by atoms with Crippen LogP contribution < -0.4 is 10.6 Å². The lowest BCUT2D eigenvalue weighted by Crippen LogP contribution is -2.50. The van der Waals surface area contributed by atoms with Crippen molar-refractivity contribution in [2.75, 3.05) is 13.1 Å². The van der Waals surface area contributed by atoms with Gasteiger partial charge in [0.1, 0.15) is 6.54 Å². The normalized spacial score (nSPS) is 21.9. The number of nitrogens with one attached hydrogen (secondary N) is 2. The highest BCUT2D eigenvalue weighted by Crippen LogP contribution is 2.11. The second kappa shape index (κ2) is 7.20. The largest absolute Gasteiger partial charge is 0.389 e. The summed E-state index contributed by atoms with van der Waals surface area (Å²) in [6.45, 7) is 3.83. The van der Waals surface area contributed by atoms with E-state index < -0.39 is 4.92 Å². The van der Waals surface area contributed by atoms with Gasteiger partial charge >= 0.3 is 5.82 Å². The van der Waals surface area contributed by atoms with Crippen molar-refractivity contribution in [2.24, 2.45) is 5.92 Å². The van der Waals surface area contributed by atoms with Crippen LogP contribution >= 0.6 is 12.4 Å². The zero-order valence-corrected chi connectivity index (χ0v) is 11.9. The fourth-order valence-corrected chi connectivity index (χ4v) is 2.12. The van der Waals surface area contributed by atoms with Crippen LogP contribution in [0.25, 0.3) is 0 Å². The van der Waals surface area contributed by atoms with Crippen LogP contribution in [0.15, 0.2) is 12.3 Å². The second-order valence-corrected chi connectivity index (χ2v) is 4.77. The van der Waals surface area contributed by atoms with E-state index in [0.717, 1.165) is 19.5 Å². The van der Waals surface area contributed by atoms with Gasteiger partial charge in [0.05, 0.1) is 17.4 Å². The molecule has 2 rings (SSSR count). The molecule has 112 valence electrons. The standard InChI is InChI=1S/C11H17N5O3.ClH/c1-8-2-4-12-6-9(8)13-11(17)7-15-5-3-10(14-15)16(18)19;/h3,5,8-9,12H,2,4,6-7H2,1H3,(H,13,17);1H. The number of aromatic nitrogens is 2. The molecule has 2 heterocycles. The number of carbonyl (C=O) groups excluding carboxylic acids is 1. The zero-order chi connectivity index (χ0) is 13.8. The van der Waals surface area contributed by atoms with E-state index in [1.807, 2.05) is 0 Å². The van der Waals surface area contributed by atoms with Crippen LogP contribution in [0.1, 0.15) is 13.3 Å². The van der Waals surface area contributed by atoms with Gasteiger partial charge in [0.25, 0.3) is 0 Å². The molecule has 0 aliphatic carbocycles. The highest BCUT2D eigenvalue weighted by atomic mass is 35.5. The maximum Gasteiger partial charge on any atom is 0.389 e. The lowest BCUT2D eigenvalue weighted by molar-refractivity contribution is -0.389. The minimum atomic E-state index is -0.582. The van der Waals surface area contributed by atoms with Crippen LogP contribution in [0.5, 0.6) is 0 Å². The van der Waals surface area contributed by atoms with E-state index in [-0.39, 0.29) is 36.7 Å². The Balaban J connectivity index is 0.00000200. The molecule has 0 spiro atoms. The predicted molar refractivity (Wildman–Crippen MR) is 74.7 cm³/mol. The third kappa shape index (κ3) is 4.17. The van der Waals surface area contributed by atoms with Gasteiger partial charge in [0.15, 0.2) is 0 Å². The number of amides is 1. The van der Waals surface area contributed by atoms with Gasteiger partial charge in [-0.3, -0.25) is 4.79 Å². The molecule has 1 amide bonds. The summed E-state index contributed by atoms with van der Waals surface area (Å²) in [5, 5.41) is 20.3. The average molecular weight is 304 g/mol. The first kappa shape index (κ1) is 16.4. The number of rotatable bonds is 4. The highest BCUT2D eigenvalue weighted by Gasteiger charge is 2.23. The van der Waals surface area contributed by atoms with Gasteiger partial charge in [-0.05, 0) is 23.8 Å². The zero-order valence-electron chi connectivity index (χ0n) is 11.1. The molecule has 20 heavy (non-hydrogen) atoms. The molecule has 0 bridgehead atoms. The smallest absolute Gasteiger partial charge is 0.358 e. The Morgan fingerprint density at radius 3 is 3.05 bits per heavy atom. The summed E-state index contributed by atoms with van der Waals surface area (Å²) in [6, 6.07) is 1.38. The number of hydrogen-bond acceptors (Lipinski definition) is 5. The summed E-state index contributed by atoms with van der Waals surface area (Å²) in [4.78, 5) is 21.7. The van der Waals surface area contributed by atoms with E-state index in [0.29, 0.717) is 5.92 Å². The van der Waals surface area contributed by atoms with E-state index in [9.17, 15) is 14.9 Å². The lowest BCUT2D eigenvalue weighted by Gasteiger charge is -2.30. The molecule has 8 nitrogen and oxygen atoms in total. The SMILES string of the molecule is CC1CCNCC1NC(=O)Cn1ccc([N+](=O)[O-])n1.Cl. The molecular formula is C11H18ClN5O3. The Hall–Kier alpha value is -1.67. The molecule has 2 unspecified atom stereocenters.